The maximum absolute atomic E-state index is 13.5. The quantitative estimate of drug-likeness (QED) is 0.239. The van der Waals surface area contributed by atoms with Crippen LogP contribution in [-0.2, 0) is 30.3 Å². The van der Waals surface area contributed by atoms with Crippen molar-refractivity contribution in [2.75, 3.05) is 40.3 Å². The van der Waals surface area contributed by atoms with Crippen molar-refractivity contribution in [1.82, 2.24) is 20.4 Å². The van der Waals surface area contributed by atoms with Gasteiger partial charge >= 0.3 is 0 Å². The van der Waals surface area contributed by atoms with Gasteiger partial charge in [0.1, 0.15) is 0 Å². The standard InChI is InChI=1S/C33H56N4O5/c1-9-19-37(20-17-26(6)33(41)34-18-16-27-14-12-11-13-15-27)30(39)22-28(42-8)32(25(5)10-2)36(7)31(40)23-35-29(38)21-24(3)4/h11-15,24-26,28,32H,9-10,16-23H2,1-8H3,(H,34,41)(H,35,38)/t25-,26+,28+,32?/m1/s1. The Morgan fingerprint density at radius 2 is 1.57 bits per heavy atom. The second kappa shape index (κ2) is 20.1. The van der Waals surface area contributed by atoms with E-state index in [4.69, 9.17) is 4.74 Å². The molecular formula is C33H56N4O5. The Morgan fingerprint density at radius 3 is 2.14 bits per heavy atom. The highest BCUT2D eigenvalue weighted by Gasteiger charge is 2.35. The number of amides is 4. The van der Waals surface area contributed by atoms with E-state index in [9.17, 15) is 19.2 Å². The average molecular weight is 589 g/mol. The number of carbonyl (C=O) groups is 4. The maximum Gasteiger partial charge on any atom is 0.242 e. The normalized spacial score (nSPS) is 14.0. The minimum atomic E-state index is -0.508. The van der Waals surface area contributed by atoms with Gasteiger partial charge in [0.2, 0.25) is 23.6 Å². The Balaban J connectivity index is 2.79. The van der Waals surface area contributed by atoms with Crippen molar-refractivity contribution in [3.8, 4) is 0 Å². The van der Waals surface area contributed by atoms with Gasteiger partial charge in [0.05, 0.1) is 25.1 Å². The molecule has 4 atom stereocenters. The van der Waals surface area contributed by atoms with E-state index in [-0.39, 0.29) is 60.4 Å². The molecule has 0 aromatic heterocycles. The largest absolute Gasteiger partial charge is 0.379 e. The van der Waals surface area contributed by atoms with Gasteiger partial charge in [0.25, 0.3) is 0 Å². The molecule has 0 saturated heterocycles. The van der Waals surface area contributed by atoms with Crippen LogP contribution < -0.4 is 10.6 Å². The van der Waals surface area contributed by atoms with Gasteiger partial charge in [-0.2, -0.15) is 0 Å². The SMILES string of the molecule is CCCN(CC[C@H](C)C(=O)NCCc1ccccc1)C(=O)C[C@H](OC)C([C@H](C)CC)N(C)C(=O)CNC(=O)CC(C)C. The van der Waals surface area contributed by atoms with Gasteiger partial charge in [0, 0.05) is 46.1 Å². The van der Waals surface area contributed by atoms with Crippen molar-refractivity contribution < 1.29 is 23.9 Å². The molecule has 4 amide bonds. The van der Waals surface area contributed by atoms with Gasteiger partial charge < -0.3 is 25.2 Å². The molecule has 0 heterocycles. The summed E-state index contributed by atoms with van der Waals surface area (Å²) < 4.78 is 5.84. The summed E-state index contributed by atoms with van der Waals surface area (Å²) in [6.07, 6.45) is 2.91. The molecule has 0 bridgehead atoms. The van der Waals surface area contributed by atoms with E-state index in [0.717, 1.165) is 19.3 Å². The van der Waals surface area contributed by atoms with Crippen molar-refractivity contribution in [2.24, 2.45) is 17.8 Å². The van der Waals surface area contributed by atoms with Gasteiger partial charge in [-0.05, 0) is 36.7 Å². The summed E-state index contributed by atoms with van der Waals surface area (Å²) >= 11 is 0. The maximum atomic E-state index is 13.5. The van der Waals surface area contributed by atoms with Gasteiger partial charge in [-0.15, -0.1) is 0 Å². The zero-order chi connectivity index (χ0) is 31.7. The third kappa shape index (κ3) is 13.4. The van der Waals surface area contributed by atoms with E-state index in [1.165, 1.54) is 5.56 Å². The van der Waals surface area contributed by atoms with Crippen LogP contribution >= 0.6 is 0 Å². The smallest absolute Gasteiger partial charge is 0.242 e. The number of nitrogens with one attached hydrogen (secondary N) is 2. The first-order valence-electron chi connectivity index (χ1n) is 15.6. The zero-order valence-electron chi connectivity index (χ0n) is 27.3. The fourth-order valence-corrected chi connectivity index (χ4v) is 5.05. The lowest BCUT2D eigenvalue weighted by Gasteiger charge is -2.38. The van der Waals surface area contributed by atoms with Crippen molar-refractivity contribution >= 4 is 23.6 Å². The van der Waals surface area contributed by atoms with E-state index in [0.29, 0.717) is 32.5 Å². The van der Waals surface area contributed by atoms with E-state index >= 15 is 0 Å². The highest BCUT2D eigenvalue weighted by Crippen LogP contribution is 2.22. The van der Waals surface area contributed by atoms with Crippen LogP contribution in [0.3, 0.4) is 0 Å². The second-order valence-electron chi connectivity index (χ2n) is 11.8. The molecule has 1 rings (SSSR count). The van der Waals surface area contributed by atoms with Crippen LogP contribution in [0.1, 0.15) is 79.2 Å². The van der Waals surface area contributed by atoms with E-state index < -0.39 is 6.10 Å². The summed E-state index contributed by atoms with van der Waals surface area (Å²) in [5.41, 5.74) is 1.18. The van der Waals surface area contributed by atoms with Crippen LogP contribution in [0.2, 0.25) is 0 Å². The second-order valence-corrected chi connectivity index (χ2v) is 11.8. The molecule has 9 heteroatoms. The Hall–Kier alpha value is -2.94. The van der Waals surface area contributed by atoms with Gasteiger partial charge in [-0.25, -0.2) is 0 Å². The van der Waals surface area contributed by atoms with Gasteiger partial charge in [-0.3, -0.25) is 19.2 Å². The molecule has 0 radical (unpaired) electrons. The molecule has 9 nitrogen and oxygen atoms in total. The predicted molar refractivity (Wildman–Crippen MR) is 168 cm³/mol. The molecule has 238 valence electrons. The minimum absolute atomic E-state index is 0.0120. The fraction of sp³-hybridized carbons (Fsp3) is 0.697. The third-order valence-electron chi connectivity index (χ3n) is 7.84. The van der Waals surface area contributed by atoms with Crippen molar-refractivity contribution in [3.05, 3.63) is 35.9 Å². The Kier molecular flexibility index (Phi) is 17.7. The topological polar surface area (TPSA) is 108 Å². The van der Waals surface area contributed by atoms with Crippen LogP contribution in [-0.4, -0.2) is 85.9 Å². The molecule has 1 aromatic rings. The molecule has 0 aliphatic heterocycles. The van der Waals surface area contributed by atoms with E-state index in [1.54, 1.807) is 24.0 Å². The number of hydrogen-bond donors (Lipinski definition) is 2. The molecule has 1 aromatic carbocycles. The fourth-order valence-electron chi connectivity index (χ4n) is 5.05. The lowest BCUT2D eigenvalue weighted by molar-refractivity contribution is -0.142. The highest BCUT2D eigenvalue weighted by molar-refractivity contribution is 5.85. The lowest BCUT2D eigenvalue weighted by atomic mass is 9.90. The first-order chi connectivity index (χ1) is 19.9. The number of methoxy groups -OCH3 is 1. The Labute approximate surface area is 254 Å². The van der Waals surface area contributed by atoms with Crippen molar-refractivity contribution in [3.63, 3.8) is 0 Å². The molecule has 0 aliphatic carbocycles. The molecule has 0 spiro atoms. The van der Waals surface area contributed by atoms with Crippen LogP contribution in [0.15, 0.2) is 30.3 Å². The number of hydrogen-bond acceptors (Lipinski definition) is 5. The Bertz CT molecular complexity index is 955. The van der Waals surface area contributed by atoms with Crippen LogP contribution in [0.4, 0.5) is 0 Å². The molecule has 2 N–H and O–H groups in total. The zero-order valence-corrected chi connectivity index (χ0v) is 27.3. The Morgan fingerprint density at radius 1 is 0.905 bits per heavy atom. The predicted octanol–water partition coefficient (Wildman–Crippen LogP) is 4.05. The minimum Gasteiger partial charge on any atom is -0.379 e. The summed E-state index contributed by atoms with van der Waals surface area (Å²) in [5.74, 6) is -0.389. The monoisotopic (exact) mass is 588 g/mol. The van der Waals surface area contributed by atoms with Crippen molar-refractivity contribution in [2.45, 2.75) is 92.2 Å². The number of rotatable bonds is 20. The molecule has 1 unspecified atom stereocenters. The summed E-state index contributed by atoms with van der Waals surface area (Å²) in [7, 11) is 3.29. The molecular weight excluding hydrogens is 532 g/mol. The molecule has 0 aliphatic rings. The molecule has 0 saturated carbocycles. The summed E-state index contributed by atoms with van der Waals surface area (Å²) in [6, 6.07) is 9.70. The summed E-state index contributed by atoms with van der Waals surface area (Å²) in [4.78, 5) is 54.8. The third-order valence-corrected chi connectivity index (χ3v) is 7.84. The summed E-state index contributed by atoms with van der Waals surface area (Å²) in [6.45, 7) is 13.5. The first kappa shape index (κ1) is 37.1. The van der Waals surface area contributed by atoms with Crippen LogP contribution in [0.5, 0.6) is 0 Å². The van der Waals surface area contributed by atoms with Crippen LogP contribution in [0, 0.1) is 17.8 Å². The summed E-state index contributed by atoms with van der Waals surface area (Å²) in [5, 5.41) is 5.73. The van der Waals surface area contributed by atoms with Crippen LogP contribution in [0.25, 0.3) is 0 Å². The molecule has 0 fully saturated rings. The van der Waals surface area contributed by atoms with E-state index in [2.05, 4.69) is 10.6 Å². The molecule has 42 heavy (non-hydrogen) atoms. The number of carbonyl (C=O) groups excluding carboxylic acids is 4. The van der Waals surface area contributed by atoms with Gasteiger partial charge in [0.15, 0.2) is 0 Å². The number of nitrogens with zero attached hydrogens (tertiary/aromatic N) is 2. The number of likely N-dealkylation sites (N-methyl/N-ethyl adjacent to an activating group) is 1. The lowest BCUT2D eigenvalue weighted by Crippen LogP contribution is -2.53. The highest BCUT2D eigenvalue weighted by atomic mass is 16.5. The van der Waals surface area contributed by atoms with Gasteiger partial charge in [-0.1, -0.05) is 78.3 Å². The number of benzene rings is 1. The first-order valence-corrected chi connectivity index (χ1v) is 15.6. The van der Waals surface area contributed by atoms with E-state index in [1.807, 2.05) is 71.9 Å². The number of ether oxygens (including phenoxy) is 1. The average Bonchev–Trinajstić information content (AvgIpc) is 2.97. The van der Waals surface area contributed by atoms with Crippen molar-refractivity contribution in [1.29, 1.82) is 0 Å².